The van der Waals surface area contributed by atoms with Gasteiger partial charge in [0.2, 0.25) is 0 Å². The van der Waals surface area contributed by atoms with Crippen LogP contribution in [0.5, 0.6) is 0 Å². The molecule has 5 nitrogen and oxygen atoms in total. The Hall–Kier alpha value is -2.11. The third kappa shape index (κ3) is 4.22. The number of carbonyl (C=O) groups excluding carboxylic acids is 1. The zero-order valence-electron chi connectivity index (χ0n) is 12.0. The first-order valence-corrected chi connectivity index (χ1v) is 6.16. The van der Waals surface area contributed by atoms with Crippen LogP contribution >= 0.6 is 0 Å². The summed E-state index contributed by atoms with van der Waals surface area (Å²) in [6.07, 6.45) is 0. The largest absolute Gasteiger partial charge is 0.478 e. The summed E-state index contributed by atoms with van der Waals surface area (Å²) in [6.45, 7) is 6.34. The molecule has 110 valence electrons. The van der Waals surface area contributed by atoms with Gasteiger partial charge in [-0.2, -0.15) is 0 Å². The van der Waals surface area contributed by atoms with Gasteiger partial charge >= 0.3 is 12.0 Å². The Labute approximate surface area is 117 Å². The van der Waals surface area contributed by atoms with E-state index in [2.05, 4.69) is 5.32 Å². The van der Waals surface area contributed by atoms with E-state index in [-0.39, 0.29) is 16.7 Å². The molecule has 0 heterocycles. The number of carboxylic acid groups (broad SMARTS) is 1. The normalized spacial score (nSPS) is 11.1. The Kier molecular flexibility index (Phi) is 4.70. The lowest BCUT2D eigenvalue weighted by Gasteiger charge is -2.27. The minimum atomic E-state index is -1.29. The van der Waals surface area contributed by atoms with E-state index in [0.717, 1.165) is 6.07 Å². The van der Waals surface area contributed by atoms with Crippen molar-refractivity contribution >= 4 is 17.7 Å². The summed E-state index contributed by atoms with van der Waals surface area (Å²) in [6, 6.07) is 3.08. The lowest BCUT2D eigenvalue weighted by molar-refractivity contribution is 0.0697. The van der Waals surface area contributed by atoms with E-state index in [9.17, 15) is 14.0 Å². The summed E-state index contributed by atoms with van der Waals surface area (Å²) >= 11 is 0. The number of amides is 2. The molecule has 0 saturated carbocycles. The number of hydrogen-bond acceptors (Lipinski definition) is 2. The van der Waals surface area contributed by atoms with Gasteiger partial charge in [0.05, 0.1) is 11.3 Å². The molecule has 6 heteroatoms. The van der Waals surface area contributed by atoms with Crippen molar-refractivity contribution in [3.63, 3.8) is 0 Å². The van der Waals surface area contributed by atoms with Crippen molar-refractivity contribution in [2.24, 2.45) is 5.41 Å². The summed E-state index contributed by atoms with van der Waals surface area (Å²) in [5.74, 6) is -2.07. The molecule has 1 rings (SSSR count). The van der Waals surface area contributed by atoms with Crippen LogP contribution in [-0.2, 0) is 0 Å². The van der Waals surface area contributed by atoms with Crippen LogP contribution in [-0.4, -0.2) is 35.6 Å². The maximum absolute atomic E-state index is 13.7. The lowest BCUT2D eigenvalue weighted by atomic mass is 9.96. The van der Waals surface area contributed by atoms with Crippen molar-refractivity contribution < 1.29 is 19.1 Å². The highest BCUT2D eigenvalue weighted by molar-refractivity contribution is 6.00. The number of para-hydroxylation sites is 1. The second-order valence-corrected chi connectivity index (χ2v) is 5.81. The smallest absolute Gasteiger partial charge is 0.337 e. The van der Waals surface area contributed by atoms with Crippen LogP contribution in [0.15, 0.2) is 18.2 Å². The van der Waals surface area contributed by atoms with Gasteiger partial charge < -0.3 is 15.3 Å². The first-order valence-electron chi connectivity index (χ1n) is 6.16. The number of anilines is 1. The van der Waals surface area contributed by atoms with Gasteiger partial charge in [-0.05, 0) is 17.5 Å². The molecule has 0 atom stereocenters. The lowest BCUT2D eigenvalue weighted by Crippen LogP contribution is -2.37. The van der Waals surface area contributed by atoms with E-state index in [4.69, 9.17) is 5.11 Å². The Bertz CT molecular complexity index is 524. The second kappa shape index (κ2) is 5.90. The Morgan fingerprint density at radius 3 is 2.45 bits per heavy atom. The number of urea groups is 1. The predicted octanol–water partition coefficient (Wildman–Crippen LogP) is 3.03. The van der Waals surface area contributed by atoms with E-state index >= 15 is 0 Å². The Morgan fingerprint density at radius 1 is 1.35 bits per heavy atom. The van der Waals surface area contributed by atoms with Gasteiger partial charge in [0.25, 0.3) is 0 Å². The van der Waals surface area contributed by atoms with E-state index < -0.39 is 17.8 Å². The Morgan fingerprint density at radius 2 is 1.95 bits per heavy atom. The number of carboxylic acids is 1. The number of rotatable bonds is 3. The van der Waals surface area contributed by atoms with Gasteiger partial charge in [-0.1, -0.05) is 26.8 Å². The van der Waals surface area contributed by atoms with Crippen LogP contribution < -0.4 is 5.32 Å². The molecular weight excluding hydrogens is 263 g/mol. The molecule has 0 aliphatic rings. The zero-order valence-corrected chi connectivity index (χ0v) is 12.0. The molecule has 0 spiro atoms. The van der Waals surface area contributed by atoms with Crippen LogP contribution in [0.3, 0.4) is 0 Å². The molecule has 2 amide bonds. The first-order chi connectivity index (χ1) is 9.11. The number of aromatic carboxylic acids is 1. The second-order valence-electron chi connectivity index (χ2n) is 5.81. The van der Waals surface area contributed by atoms with E-state index in [1.54, 1.807) is 7.05 Å². The van der Waals surface area contributed by atoms with Crippen molar-refractivity contribution in [2.75, 3.05) is 18.9 Å². The van der Waals surface area contributed by atoms with E-state index in [1.165, 1.54) is 17.0 Å². The predicted molar refractivity (Wildman–Crippen MR) is 74.5 cm³/mol. The molecule has 0 aliphatic carbocycles. The molecule has 2 N–H and O–H groups in total. The molecule has 1 aromatic rings. The molecule has 0 aliphatic heterocycles. The van der Waals surface area contributed by atoms with Crippen LogP contribution in [0.4, 0.5) is 14.9 Å². The average molecular weight is 282 g/mol. The molecular formula is C14H19FN2O3. The summed E-state index contributed by atoms with van der Waals surface area (Å²) in [7, 11) is 1.57. The SMILES string of the molecule is CN(CC(C)(C)C)C(=O)Nc1c(F)cccc1C(=O)O. The summed E-state index contributed by atoms with van der Waals surface area (Å²) in [5.41, 5.74) is -0.704. The number of hydrogen-bond donors (Lipinski definition) is 2. The van der Waals surface area contributed by atoms with Crippen LogP contribution in [0.25, 0.3) is 0 Å². The van der Waals surface area contributed by atoms with Crippen molar-refractivity contribution in [1.82, 2.24) is 4.90 Å². The number of nitrogens with zero attached hydrogens (tertiary/aromatic N) is 1. The number of nitrogens with one attached hydrogen (secondary N) is 1. The highest BCUT2D eigenvalue weighted by Crippen LogP contribution is 2.21. The zero-order chi connectivity index (χ0) is 15.5. The summed E-state index contributed by atoms with van der Waals surface area (Å²) < 4.78 is 13.7. The van der Waals surface area contributed by atoms with Gasteiger partial charge in [0.15, 0.2) is 0 Å². The van der Waals surface area contributed by atoms with Gasteiger partial charge in [0, 0.05) is 13.6 Å². The van der Waals surface area contributed by atoms with E-state index in [0.29, 0.717) is 6.54 Å². The molecule has 0 aromatic heterocycles. The molecule has 0 unspecified atom stereocenters. The number of carbonyl (C=O) groups is 2. The first kappa shape index (κ1) is 15.9. The van der Waals surface area contributed by atoms with Crippen molar-refractivity contribution in [2.45, 2.75) is 20.8 Å². The number of halogens is 1. The highest BCUT2D eigenvalue weighted by Gasteiger charge is 2.21. The van der Waals surface area contributed by atoms with Crippen LogP contribution in [0.2, 0.25) is 0 Å². The molecule has 0 saturated heterocycles. The van der Waals surface area contributed by atoms with Crippen LogP contribution in [0, 0.1) is 11.2 Å². The minimum absolute atomic E-state index is 0.114. The number of benzene rings is 1. The molecule has 0 fully saturated rings. The van der Waals surface area contributed by atoms with Crippen molar-refractivity contribution in [1.29, 1.82) is 0 Å². The van der Waals surface area contributed by atoms with Gasteiger partial charge in [0.1, 0.15) is 5.82 Å². The molecule has 0 radical (unpaired) electrons. The van der Waals surface area contributed by atoms with Gasteiger partial charge in [-0.25, -0.2) is 14.0 Å². The third-order valence-corrected chi connectivity index (χ3v) is 2.53. The van der Waals surface area contributed by atoms with Crippen LogP contribution in [0.1, 0.15) is 31.1 Å². The molecule has 1 aromatic carbocycles. The van der Waals surface area contributed by atoms with E-state index in [1.807, 2.05) is 20.8 Å². The van der Waals surface area contributed by atoms with Gasteiger partial charge in [-0.3, -0.25) is 0 Å². The van der Waals surface area contributed by atoms with Crippen molar-refractivity contribution in [3.8, 4) is 0 Å². The summed E-state index contributed by atoms with van der Waals surface area (Å²) in [4.78, 5) is 24.4. The van der Waals surface area contributed by atoms with Crippen molar-refractivity contribution in [3.05, 3.63) is 29.6 Å². The van der Waals surface area contributed by atoms with Gasteiger partial charge in [-0.15, -0.1) is 0 Å². The highest BCUT2D eigenvalue weighted by atomic mass is 19.1. The fraction of sp³-hybridized carbons (Fsp3) is 0.429. The standard InChI is InChI=1S/C14H19FN2O3/c1-14(2,3)8-17(4)13(20)16-11-9(12(18)19)6-5-7-10(11)15/h5-7H,8H2,1-4H3,(H,16,20)(H,18,19). The maximum Gasteiger partial charge on any atom is 0.337 e. The third-order valence-electron chi connectivity index (χ3n) is 2.53. The summed E-state index contributed by atoms with van der Waals surface area (Å²) in [5, 5.41) is 11.3. The molecule has 0 bridgehead atoms. The fourth-order valence-corrected chi connectivity index (χ4v) is 1.82. The fourth-order valence-electron chi connectivity index (χ4n) is 1.82. The quantitative estimate of drug-likeness (QED) is 0.895. The monoisotopic (exact) mass is 282 g/mol. The topological polar surface area (TPSA) is 69.6 Å². The molecule has 20 heavy (non-hydrogen) atoms. The Balaban J connectivity index is 2.94. The average Bonchev–Trinajstić information content (AvgIpc) is 2.28. The minimum Gasteiger partial charge on any atom is -0.478 e. The maximum atomic E-state index is 13.7.